The Hall–Kier alpha value is -1.96. The predicted molar refractivity (Wildman–Crippen MR) is 67.2 cm³/mol. The van der Waals surface area contributed by atoms with Crippen molar-refractivity contribution in [3.8, 4) is 0 Å². The van der Waals surface area contributed by atoms with Crippen LogP contribution in [0.15, 0.2) is 0 Å². The summed E-state index contributed by atoms with van der Waals surface area (Å²) >= 11 is 0. The first kappa shape index (κ1) is 15.1. The Bertz CT molecular complexity index is 457. The zero-order valence-electron chi connectivity index (χ0n) is 11.4. The summed E-state index contributed by atoms with van der Waals surface area (Å²) in [6, 6.07) is 0. The van der Waals surface area contributed by atoms with Crippen LogP contribution in [-0.2, 0) is 22.6 Å². The molecule has 0 aromatic carbocycles. The lowest BCUT2D eigenvalue weighted by atomic mass is 10.3. The van der Waals surface area contributed by atoms with Crippen LogP contribution in [0.5, 0.6) is 0 Å². The van der Waals surface area contributed by atoms with Crippen molar-refractivity contribution in [2.24, 2.45) is 5.73 Å². The van der Waals surface area contributed by atoms with Gasteiger partial charge in [0.1, 0.15) is 6.54 Å². The lowest BCUT2D eigenvalue weighted by molar-refractivity contribution is -0.130. The molecule has 0 bridgehead atoms. The summed E-state index contributed by atoms with van der Waals surface area (Å²) in [7, 11) is 1.69. The second-order valence-electron chi connectivity index (χ2n) is 3.87. The molecule has 0 saturated heterocycles. The third kappa shape index (κ3) is 3.50. The van der Waals surface area contributed by atoms with Crippen molar-refractivity contribution in [2.45, 2.75) is 26.9 Å². The fourth-order valence-corrected chi connectivity index (χ4v) is 1.45. The highest BCUT2D eigenvalue weighted by Gasteiger charge is 2.21. The number of hydrogen-bond donors (Lipinski definition) is 1. The molecule has 0 unspecified atom stereocenters. The van der Waals surface area contributed by atoms with Crippen molar-refractivity contribution in [1.82, 2.24) is 19.9 Å². The second-order valence-corrected chi connectivity index (χ2v) is 3.87. The molecule has 106 valence electrons. The van der Waals surface area contributed by atoms with Gasteiger partial charge in [-0.2, -0.15) is 0 Å². The Balaban J connectivity index is 2.91. The minimum atomic E-state index is -0.578. The van der Waals surface area contributed by atoms with Gasteiger partial charge in [-0.3, -0.25) is 4.79 Å². The van der Waals surface area contributed by atoms with Crippen LogP contribution in [-0.4, -0.2) is 52.0 Å². The van der Waals surface area contributed by atoms with Crippen LogP contribution in [0.3, 0.4) is 0 Å². The molecular formula is C11H19N5O3. The maximum Gasteiger partial charge on any atom is 0.360 e. The van der Waals surface area contributed by atoms with Gasteiger partial charge < -0.3 is 15.4 Å². The molecule has 0 aliphatic heterocycles. The monoisotopic (exact) mass is 269 g/mol. The van der Waals surface area contributed by atoms with E-state index in [1.807, 2.05) is 6.92 Å². The van der Waals surface area contributed by atoms with Gasteiger partial charge in [0.2, 0.25) is 5.91 Å². The molecule has 1 amide bonds. The van der Waals surface area contributed by atoms with Crippen LogP contribution < -0.4 is 5.73 Å². The summed E-state index contributed by atoms with van der Waals surface area (Å²) in [6.07, 6.45) is 0. The fourth-order valence-electron chi connectivity index (χ4n) is 1.45. The standard InChI is InChI=1S/C11H19N5O3/c1-4-15(3)9(17)7-16-8(6-12)10(13-14-16)11(18)19-5-2/h4-7,12H2,1-3H3. The third-order valence-electron chi connectivity index (χ3n) is 2.68. The number of likely N-dealkylation sites (N-methyl/N-ethyl adjacent to an activating group) is 1. The summed E-state index contributed by atoms with van der Waals surface area (Å²) in [5, 5.41) is 7.52. The smallest absolute Gasteiger partial charge is 0.360 e. The van der Waals surface area contributed by atoms with E-state index >= 15 is 0 Å². The minimum Gasteiger partial charge on any atom is -0.461 e. The summed E-state index contributed by atoms with van der Waals surface area (Å²) in [6.45, 7) is 4.47. The number of amides is 1. The van der Waals surface area contributed by atoms with E-state index in [2.05, 4.69) is 10.3 Å². The number of ether oxygens (including phenoxy) is 1. The average molecular weight is 269 g/mol. The molecule has 0 fully saturated rings. The van der Waals surface area contributed by atoms with Crippen molar-refractivity contribution in [3.05, 3.63) is 11.4 Å². The number of rotatable bonds is 6. The number of esters is 1. The summed E-state index contributed by atoms with van der Waals surface area (Å²) in [5.74, 6) is -0.706. The summed E-state index contributed by atoms with van der Waals surface area (Å²) < 4.78 is 6.19. The number of hydrogen-bond acceptors (Lipinski definition) is 6. The summed E-state index contributed by atoms with van der Waals surface area (Å²) in [5.41, 5.74) is 6.05. The van der Waals surface area contributed by atoms with Gasteiger partial charge in [0.05, 0.1) is 12.3 Å². The van der Waals surface area contributed by atoms with Crippen molar-refractivity contribution in [1.29, 1.82) is 0 Å². The van der Waals surface area contributed by atoms with Gasteiger partial charge in [-0.1, -0.05) is 5.21 Å². The van der Waals surface area contributed by atoms with Crippen molar-refractivity contribution < 1.29 is 14.3 Å². The first-order valence-corrected chi connectivity index (χ1v) is 6.08. The van der Waals surface area contributed by atoms with E-state index in [1.54, 1.807) is 18.9 Å². The molecular weight excluding hydrogens is 250 g/mol. The molecule has 8 heteroatoms. The molecule has 19 heavy (non-hydrogen) atoms. The van der Waals surface area contributed by atoms with Gasteiger partial charge in [0.15, 0.2) is 5.69 Å². The van der Waals surface area contributed by atoms with E-state index in [-0.39, 0.29) is 31.3 Å². The topological polar surface area (TPSA) is 103 Å². The van der Waals surface area contributed by atoms with E-state index < -0.39 is 5.97 Å². The Labute approximate surface area is 111 Å². The molecule has 1 aromatic heterocycles. The molecule has 1 heterocycles. The van der Waals surface area contributed by atoms with E-state index in [1.165, 1.54) is 4.68 Å². The van der Waals surface area contributed by atoms with Gasteiger partial charge >= 0.3 is 5.97 Å². The van der Waals surface area contributed by atoms with E-state index in [0.29, 0.717) is 12.2 Å². The minimum absolute atomic E-state index is 0.00325. The molecule has 2 N–H and O–H groups in total. The maximum absolute atomic E-state index is 11.8. The Kier molecular flexibility index (Phi) is 5.43. The van der Waals surface area contributed by atoms with Crippen LogP contribution in [0.25, 0.3) is 0 Å². The highest BCUT2D eigenvalue weighted by molar-refractivity contribution is 5.88. The number of nitrogens with two attached hydrogens (primary N) is 1. The first-order valence-electron chi connectivity index (χ1n) is 6.08. The van der Waals surface area contributed by atoms with Crippen molar-refractivity contribution in [3.63, 3.8) is 0 Å². The molecule has 1 rings (SSSR count). The van der Waals surface area contributed by atoms with E-state index in [9.17, 15) is 9.59 Å². The molecule has 1 aromatic rings. The SMILES string of the molecule is CCOC(=O)c1nnn(CC(=O)N(C)CC)c1CN. The fraction of sp³-hybridized carbons (Fsp3) is 0.636. The molecule has 0 radical (unpaired) electrons. The second kappa shape index (κ2) is 6.83. The third-order valence-corrected chi connectivity index (χ3v) is 2.68. The predicted octanol–water partition coefficient (Wildman–Crippen LogP) is -0.608. The zero-order valence-corrected chi connectivity index (χ0v) is 11.4. The van der Waals surface area contributed by atoms with Gasteiger partial charge in [0, 0.05) is 20.1 Å². The number of carbonyl (C=O) groups excluding carboxylic acids is 2. The highest BCUT2D eigenvalue weighted by atomic mass is 16.5. The largest absolute Gasteiger partial charge is 0.461 e. The Morgan fingerprint density at radius 3 is 2.63 bits per heavy atom. The Morgan fingerprint density at radius 2 is 2.11 bits per heavy atom. The molecule has 8 nitrogen and oxygen atoms in total. The lowest BCUT2D eigenvalue weighted by Crippen LogP contribution is -2.31. The molecule has 0 spiro atoms. The van der Waals surface area contributed by atoms with E-state index in [4.69, 9.17) is 10.5 Å². The number of nitrogens with zero attached hydrogens (tertiary/aromatic N) is 4. The average Bonchev–Trinajstić information content (AvgIpc) is 2.80. The van der Waals surface area contributed by atoms with Gasteiger partial charge in [-0.05, 0) is 13.8 Å². The summed E-state index contributed by atoms with van der Waals surface area (Å²) in [4.78, 5) is 25.0. The van der Waals surface area contributed by atoms with Gasteiger partial charge in [0.25, 0.3) is 0 Å². The van der Waals surface area contributed by atoms with Gasteiger partial charge in [-0.15, -0.1) is 5.10 Å². The highest BCUT2D eigenvalue weighted by Crippen LogP contribution is 2.07. The number of aromatic nitrogens is 3. The van der Waals surface area contributed by atoms with Crippen molar-refractivity contribution in [2.75, 3.05) is 20.2 Å². The molecule has 0 saturated carbocycles. The maximum atomic E-state index is 11.8. The van der Waals surface area contributed by atoms with Crippen LogP contribution in [0, 0.1) is 0 Å². The molecule has 0 aliphatic carbocycles. The van der Waals surface area contributed by atoms with Crippen LogP contribution in [0.2, 0.25) is 0 Å². The zero-order chi connectivity index (χ0) is 14.4. The van der Waals surface area contributed by atoms with Crippen LogP contribution in [0.4, 0.5) is 0 Å². The lowest BCUT2D eigenvalue weighted by Gasteiger charge is -2.14. The van der Waals surface area contributed by atoms with Gasteiger partial charge in [-0.25, -0.2) is 9.48 Å². The Morgan fingerprint density at radius 1 is 1.42 bits per heavy atom. The molecule has 0 atom stereocenters. The quantitative estimate of drug-likeness (QED) is 0.691. The van der Waals surface area contributed by atoms with Crippen LogP contribution in [0.1, 0.15) is 30.0 Å². The van der Waals surface area contributed by atoms with Crippen LogP contribution >= 0.6 is 0 Å². The van der Waals surface area contributed by atoms with Crippen molar-refractivity contribution >= 4 is 11.9 Å². The normalized spacial score (nSPS) is 10.3. The van der Waals surface area contributed by atoms with E-state index in [0.717, 1.165) is 0 Å². The number of carbonyl (C=O) groups is 2. The molecule has 0 aliphatic rings. The first-order chi connectivity index (χ1) is 9.04.